The molecule has 5 heteroatoms. The van der Waals surface area contributed by atoms with E-state index >= 15 is 0 Å². The lowest BCUT2D eigenvalue weighted by molar-refractivity contribution is 0.0939. The molecule has 1 heterocycles. The van der Waals surface area contributed by atoms with Crippen molar-refractivity contribution in [2.75, 3.05) is 14.2 Å². The molecule has 0 radical (unpaired) electrons. The molecule has 0 aliphatic heterocycles. The number of fused-ring (bicyclic) bond motifs is 1. The Kier molecular flexibility index (Phi) is 5.20. The molecule has 0 saturated carbocycles. The molecule has 1 aromatic heterocycles. The van der Waals surface area contributed by atoms with E-state index in [1.165, 1.54) is 0 Å². The third-order valence-electron chi connectivity index (χ3n) is 4.78. The molecule has 0 bridgehead atoms. The molecule has 4 aromatic rings. The Balaban J connectivity index is 1.70. The van der Waals surface area contributed by atoms with Gasteiger partial charge in [0, 0.05) is 10.9 Å². The minimum atomic E-state index is -0.427. The number of benzene rings is 3. The Labute approximate surface area is 168 Å². The Morgan fingerprint density at radius 2 is 1.59 bits per heavy atom. The van der Waals surface area contributed by atoms with E-state index in [-0.39, 0.29) is 5.91 Å². The number of nitrogens with one attached hydrogen (secondary N) is 1. The van der Waals surface area contributed by atoms with Crippen LogP contribution in [0.5, 0.6) is 11.5 Å². The van der Waals surface area contributed by atoms with Gasteiger partial charge in [-0.05, 0) is 35.9 Å². The number of ether oxygens (including phenoxy) is 2. The van der Waals surface area contributed by atoms with Gasteiger partial charge in [-0.1, -0.05) is 48.5 Å². The van der Waals surface area contributed by atoms with Crippen molar-refractivity contribution in [2.24, 2.45) is 0 Å². The Hall–Kier alpha value is -3.73. The van der Waals surface area contributed by atoms with Gasteiger partial charge in [0.1, 0.15) is 17.4 Å². The van der Waals surface area contributed by atoms with Crippen molar-refractivity contribution in [2.45, 2.75) is 6.04 Å². The third-order valence-corrected chi connectivity index (χ3v) is 4.78. The van der Waals surface area contributed by atoms with Gasteiger partial charge in [-0.15, -0.1) is 0 Å². The highest BCUT2D eigenvalue weighted by Gasteiger charge is 2.22. The number of hydrogen-bond acceptors (Lipinski definition) is 4. The first kappa shape index (κ1) is 18.6. The molecular formula is C24H21NO4. The summed E-state index contributed by atoms with van der Waals surface area (Å²) in [5.74, 6) is 1.51. The van der Waals surface area contributed by atoms with Gasteiger partial charge < -0.3 is 19.2 Å². The third kappa shape index (κ3) is 3.80. The average Bonchev–Trinajstić information content (AvgIpc) is 3.21. The van der Waals surface area contributed by atoms with Crippen molar-refractivity contribution >= 4 is 16.9 Å². The minimum Gasteiger partial charge on any atom is -0.493 e. The highest BCUT2D eigenvalue weighted by Crippen LogP contribution is 2.30. The normalized spacial score (nSPS) is 11.8. The van der Waals surface area contributed by atoms with Gasteiger partial charge in [0.25, 0.3) is 5.91 Å². The highest BCUT2D eigenvalue weighted by atomic mass is 16.5. The molecule has 1 atom stereocenters. The fraction of sp³-hybridized carbons (Fsp3) is 0.125. The summed E-state index contributed by atoms with van der Waals surface area (Å²) < 4.78 is 16.6. The first-order valence-electron chi connectivity index (χ1n) is 9.26. The lowest BCUT2D eigenvalue weighted by atomic mass is 10.0. The summed E-state index contributed by atoms with van der Waals surface area (Å²) in [6.45, 7) is 0. The maximum Gasteiger partial charge on any atom is 0.252 e. The summed E-state index contributed by atoms with van der Waals surface area (Å²) in [7, 11) is 3.10. The molecule has 1 unspecified atom stereocenters. The summed E-state index contributed by atoms with van der Waals surface area (Å²) in [6.07, 6.45) is 0. The van der Waals surface area contributed by atoms with Gasteiger partial charge >= 0.3 is 0 Å². The molecule has 5 nitrogen and oxygen atoms in total. The number of hydrogen-bond donors (Lipinski definition) is 1. The second kappa shape index (κ2) is 8.10. The van der Waals surface area contributed by atoms with Crippen LogP contribution in [0.3, 0.4) is 0 Å². The molecule has 29 heavy (non-hydrogen) atoms. The predicted molar refractivity (Wildman–Crippen MR) is 112 cm³/mol. The maximum atomic E-state index is 13.0. The minimum absolute atomic E-state index is 0.236. The smallest absolute Gasteiger partial charge is 0.252 e. The molecule has 146 valence electrons. The quantitative estimate of drug-likeness (QED) is 0.507. The van der Waals surface area contributed by atoms with Crippen molar-refractivity contribution in [1.29, 1.82) is 0 Å². The number of carbonyl (C=O) groups is 1. The topological polar surface area (TPSA) is 60.7 Å². The van der Waals surface area contributed by atoms with E-state index < -0.39 is 6.04 Å². The Morgan fingerprint density at radius 1 is 0.862 bits per heavy atom. The standard InChI is InChI=1S/C24H21NO4/c1-27-20-13-12-18(15-21(20)28-2)24(26)25-23(16-8-4-3-5-9-16)22-14-17-10-6-7-11-19(17)29-22/h3-15,23H,1-2H3,(H,25,26). The molecule has 3 aromatic carbocycles. The summed E-state index contributed by atoms with van der Waals surface area (Å²) in [4.78, 5) is 13.0. The van der Waals surface area contributed by atoms with Crippen molar-refractivity contribution in [3.8, 4) is 11.5 Å². The van der Waals surface area contributed by atoms with Crippen LogP contribution in [0.2, 0.25) is 0 Å². The Morgan fingerprint density at radius 3 is 2.31 bits per heavy atom. The first-order valence-corrected chi connectivity index (χ1v) is 9.26. The van der Waals surface area contributed by atoms with Crippen molar-refractivity contribution in [3.05, 3.63) is 95.7 Å². The number of amides is 1. The van der Waals surface area contributed by atoms with Crippen LogP contribution in [-0.2, 0) is 0 Å². The summed E-state index contributed by atoms with van der Waals surface area (Å²) in [5.41, 5.74) is 2.18. The van der Waals surface area contributed by atoms with Crippen molar-refractivity contribution in [1.82, 2.24) is 5.32 Å². The summed E-state index contributed by atoms with van der Waals surface area (Å²) >= 11 is 0. The van der Waals surface area contributed by atoms with E-state index in [9.17, 15) is 4.79 Å². The zero-order chi connectivity index (χ0) is 20.2. The molecule has 1 amide bonds. The second-order valence-electron chi connectivity index (χ2n) is 6.57. The number of methoxy groups -OCH3 is 2. The summed E-state index contributed by atoms with van der Waals surface area (Å²) in [6, 6.07) is 24.1. The van der Waals surface area contributed by atoms with E-state index in [4.69, 9.17) is 13.9 Å². The van der Waals surface area contributed by atoms with Gasteiger partial charge in [0.05, 0.1) is 14.2 Å². The van der Waals surface area contributed by atoms with E-state index in [1.807, 2.05) is 60.7 Å². The van der Waals surface area contributed by atoms with E-state index in [0.717, 1.165) is 16.5 Å². The van der Waals surface area contributed by atoms with Crippen LogP contribution < -0.4 is 14.8 Å². The molecule has 0 aliphatic carbocycles. The van der Waals surface area contributed by atoms with Crippen LogP contribution in [0, 0.1) is 0 Å². The summed E-state index contributed by atoms with van der Waals surface area (Å²) in [5, 5.41) is 4.08. The fourth-order valence-electron chi connectivity index (χ4n) is 3.30. The lowest BCUT2D eigenvalue weighted by Crippen LogP contribution is -2.29. The predicted octanol–water partition coefficient (Wildman–Crippen LogP) is 4.97. The van der Waals surface area contributed by atoms with Crippen LogP contribution in [0.1, 0.15) is 27.7 Å². The Bertz CT molecular complexity index is 1100. The van der Waals surface area contributed by atoms with Gasteiger partial charge in [0.2, 0.25) is 0 Å². The van der Waals surface area contributed by atoms with Crippen molar-refractivity contribution in [3.63, 3.8) is 0 Å². The largest absolute Gasteiger partial charge is 0.493 e. The number of rotatable bonds is 6. The van der Waals surface area contributed by atoms with E-state index in [2.05, 4.69) is 5.32 Å². The molecule has 4 rings (SSSR count). The molecule has 0 spiro atoms. The molecular weight excluding hydrogens is 366 g/mol. The van der Waals surface area contributed by atoms with Crippen LogP contribution in [0.25, 0.3) is 11.0 Å². The highest BCUT2D eigenvalue weighted by molar-refractivity contribution is 5.95. The fourth-order valence-corrected chi connectivity index (χ4v) is 3.30. The monoisotopic (exact) mass is 387 g/mol. The van der Waals surface area contributed by atoms with Crippen LogP contribution >= 0.6 is 0 Å². The van der Waals surface area contributed by atoms with Gasteiger partial charge in [-0.25, -0.2) is 0 Å². The number of para-hydroxylation sites is 1. The van der Waals surface area contributed by atoms with Crippen molar-refractivity contribution < 1.29 is 18.7 Å². The van der Waals surface area contributed by atoms with Gasteiger partial charge in [-0.2, -0.15) is 0 Å². The first-order chi connectivity index (χ1) is 14.2. The number of carbonyl (C=O) groups excluding carboxylic acids is 1. The second-order valence-corrected chi connectivity index (χ2v) is 6.57. The SMILES string of the molecule is COc1ccc(C(=O)NC(c2ccccc2)c2cc3ccccc3o2)cc1OC. The average molecular weight is 387 g/mol. The zero-order valence-electron chi connectivity index (χ0n) is 16.2. The van der Waals surface area contributed by atoms with E-state index in [0.29, 0.717) is 22.8 Å². The maximum absolute atomic E-state index is 13.0. The van der Waals surface area contributed by atoms with E-state index in [1.54, 1.807) is 32.4 Å². The van der Waals surface area contributed by atoms with Crippen LogP contribution in [-0.4, -0.2) is 20.1 Å². The van der Waals surface area contributed by atoms with Gasteiger partial charge in [-0.3, -0.25) is 4.79 Å². The number of furan rings is 1. The lowest BCUT2D eigenvalue weighted by Gasteiger charge is -2.18. The van der Waals surface area contributed by atoms with Gasteiger partial charge in [0.15, 0.2) is 11.5 Å². The zero-order valence-corrected chi connectivity index (χ0v) is 16.2. The van der Waals surface area contributed by atoms with Crippen LogP contribution in [0.15, 0.2) is 83.3 Å². The van der Waals surface area contributed by atoms with Crippen LogP contribution in [0.4, 0.5) is 0 Å². The molecule has 0 fully saturated rings. The molecule has 0 saturated heterocycles. The molecule has 0 aliphatic rings. The molecule has 1 N–H and O–H groups in total.